The van der Waals surface area contributed by atoms with Gasteiger partial charge < -0.3 is 24.8 Å². The number of hydrogen-bond donors (Lipinski definition) is 3. The van der Waals surface area contributed by atoms with E-state index in [9.17, 15) is 10.2 Å². The molecule has 2 heterocycles. The van der Waals surface area contributed by atoms with E-state index in [1.807, 2.05) is 24.3 Å². The van der Waals surface area contributed by atoms with Crippen LogP contribution >= 0.6 is 0 Å². The Kier molecular flexibility index (Phi) is 3.69. The number of para-hydroxylation sites is 1. The standard InChI is InChI=1S/C15H20O5/c16-8-6-11-9-12(17)14(18)15(19-11)7-5-10-3-1-2-4-13(10)20-15/h1-4,11-12,14,16-18H,5-9H2/t11-,12-,14+,15-/m1/s1. The molecule has 1 saturated heterocycles. The fourth-order valence-electron chi connectivity index (χ4n) is 3.06. The molecule has 5 heteroatoms. The number of aliphatic hydroxyl groups excluding tert-OH is 3. The molecule has 3 N–H and O–H groups in total. The van der Waals surface area contributed by atoms with Crippen LogP contribution in [0.25, 0.3) is 0 Å². The third-order valence-corrected chi connectivity index (χ3v) is 4.13. The second-order valence-corrected chi connectivity index (χ2v) is 5.52. The molecule has 0 bridgehead atoms. The predicted molar refractivity (Wildman–Crippen MR) is 71.3 cm³/mol. The normalized spacial score (nSPS) is 36.5. The van der Waals surface area contributed by atoms with Gasteiger partial charge in [-0.2, -0.15) is 0 Å². The highest BCUT2D eigenvalue weighted by atomic mass is 16.7. The number of aryl methyl sites for hydroxylation is 1. The SMILES string of the molecule is OCC[C@@H]1C[C@@H](O)[C@H](O)[C@]2(CCc3ccccc3O2)O1. The van der Waals surface area contributed by atoms with Crippen LogP contribution in [-0.4, -0.2) is 46.0 Å². The van der Waals surface area contributed by atoms with Gasteiger partial charge in [-0.25, -0.2) is 0 Å². The Hall–Kier alpha value is -1.14. The highest BCUT2D eigenvalue weighted by molar-refractivity contribution is 5.36. The third-order valence-electron chi connectivity index (χ3n) is 4.13. The molecule has 1 aromatic rings. The van der Waals surface area contributed by atoms with E-state index in [-0.39, 0.29) is 12.7 Å². The molecule has 5 nitrogen and oxygen atoms in total. The van der Waals surface area contributed by atoms with Crippen molar-refractivity contribution in [1.29, 1.82) is 0 Å². The van der Waals surface area contributed by atoms with Crippen LogP contribution < -0.4 is 4.74 Å². The lowest BCUT2D eigenvalue weighted by molar-refractivity contribution is -0.315. The predicted octanol–water partition coefficient (Wildman–Crippen LogP) is 0.601. The zero-order chi connectivity index (χ0) is 14.2. The summed E-state index contributed by atoms with van der Waals surface area (Å²) < 4.78 is 11.8. The molecular weight excluding hydrogens is 260 g/mol. The molecule has 0 aliphatic carbocycles. The lowest BCUT2D eigenvalue weighted by atomic mass is 9.88. The Morgan fingerprint density at radius 3 is 2.85 bits per heavy atom. The molecule has 1 spiro atoms. The van der Waals surface area contributed by atoms with Crippen molar-refractivity contribution in [3.8, 4) is 5.75 Å². The lowest BCUT2D eigenvalue weighted by Crippen LogP contribution is -2.62. The summed E-state index contributed by atoms with van der Waals surface area (Å²) in [5.41, 5.74) is 1.08. The van der Waals surface area contributed by atoms with Crippen LogP contribution in [0.3, 0.4) is 0 Å². The second-order valence-electron chi connectivity index (χ2n) is 5.52. The van der Waals surface area contributed by atoms with Gasteiger partial charge in [0.1, 0.15) is 11.9 Å². The first-order chi connectivity index (χ1) is 9.64. The Morgan fingerprint density at radius 2 is 2.05 bits per heavy atom. The fourth-order valence-corrected chi connectivity index (χ4v) is 3.06. The first kappa shape index (κ1) is 13.8. The van der Waals surface area contributed by atoms with E-state index >= 15 is 0 Å². The highest BCUT2D eigenvalue weighted by Gasteiger charge is 2.52. The first-order valence-corrected chi connectivity index (χ1v) is 7.06. The van der Waals surface area contributed by atoms with Crippen LogP contribution in [-0.2, 0) is 11.2 Å². The van der Waals surface area contributed by atoms with Crippen LogP contribution in [0.5, 0.6) is 5.75 Å². The van der Waals surface area contributed by atoms with Crippen molar-refractivity contribution in [2.24, 2.45) is 0 Å². The molecule has 0 radical (unpaired) electrons. The molecule has 2 aliphatic heterocycles. The quantitative estimate of drug-likeness (QED) is 0.739. The zero-order valence-electron chi connectivity index (χ0n) is 11.2. The monoisotopic (exact) mass is 280 g/mol. The van der Waals surface area contributed by atoms with E-state index in [1.165, 1.54) is 0 Å². The number of ether oxygens (including phenoxy) is 2. The molecule has 20 heavy (non-hydrogen) atoms. The summed E-state index contributed by atoms with van der Waals surface area (Å²) in [5, 5.41) is 29.4. The van der Waals surface area contributed by atoms with Gasteiger partial charge in [-0.05, 0) is 24.5 Å². The minimum atomic E-state index is -1.20. The van der Waals surface area contributed by atoms with Crippen LogP contribution in [0.1, 0.15) is 24.8 Å². The summed E-state index contributed by atoms with van der Waals surface area (Å²) in [6.07, 6.45) is -0.318. The molecular formula is C15H20O5. The van der Waals surface area contributed by atoms with Crippen molar-refractivity contribution in [1.82, 2.24) is 0 Å². The van der Waals surface area contributed by atoms with Gasteiger partial charge in [0.05, 0.1) is 12.2 Å². The number of hydrogen-bond acceptors (Lipinski definition) is 5. The summed E-state index contributed by atoms with van der Waals surface area (Å²) in [6, 6.07) is 7.64. The molecule has 1 aromatic carbocycles. The molecule has 4 atom stereocenters. The van der Waals surface area contributed by atoms with Crippen molar-refractivity contribution in [2.75, 3.05) is 6.61 Å². The van der Waals surface area contributed by atoms with E-state index in [1.54, 1.807) is 0 Å². The second kappa shape index (κ2) is 5.33. The molecule has 110 valence electrons. The van der Waals surface area contributed by atoms with Crippen LogP contribution in [0, 0.1) is 0 Å². The Morgan fingerprint density at radius 1 is 1.25 bits per heavy atom. The largest absolute Gasteiger partial charge is 0.459 e. The Bertz CT molecular complexity index is 477. The van der Waals surface area contributed by atoms with Gasteiger partial charge >= 0.3 is 0 Å². The minimum absolute atomic E-state index is 0.0137. The van der Waals surface area contributed by atoms with Gasteiger partial charge in [0, 0.05) is 19.4 Å². The summed E-state index contributed by atoms with van der Waals surface area (Å²) >= 11 is 0. The summed E-state index contributed by atoms with van der Waals surface area (Å²) in [4.78, 5) is 0. The average molecular weight is 280 g/mol. The van der Waals surface area contributed by atoms with Gasteiger partial charge in [0.15, 0.2) is 0 Å². The van der Waals surface area contributed by atoms with Crippen molar-refractivity contribution >= 4 is 0 Å². The van der Waals surface area contributed by atoms with Crippen molar-refractivity contribution in [3.63, 3.8) is 0 Å². The lowest BCUT2D eigenvalue weighted by Gasteiger charge is -2.48. The van der Waals surface area contributed by atoms with Gasteiger partial charge in [0.2, 0.25) is 5.79 Å². The Balaban J connectivity index is 1.87. The van der Waals surface area contributed by atoms with Gasteiger partial charge in [-0.15, -0.1) is 0 Å². The number of benzene rings is 1. The van der Waals surface area contributed by atoms with Crippen LogP contribution in [0.2, 0.25) is 0 Å². The van der Waals surface area contributed by atoms with E-state index in [0.29, 0.717) is 25.0 Å². The molecule has 0 amide bonds. The summed E-state index contributed by atoms with van der Waals surface area (Å²) in [6.45, 7) is -0.0137. The summed E-state index contributed by atoms with van der Waals surface area (Å²) in [5.74, 6) is -0.513. The van der Waals surface area contributed by atoms with E-state index in [0.717, 1.165) is 12.0 Å². The van der Waals surface area contributed by atoms with Crippen molar-refractivity contribution in [3.05, 3.63) is 29.8 Å². The van der Waals surface area contributed by atoms with Gasteiger partial charge in [-0.3, -0.25) is 0 Å². The molecule has 0 unspecified atom stereocenters. The van der Waals surface area contributed by atoms with Crippen LogP contribution in [0.4, 0.5) is 0 Å². The fraction of sp³-hybridized carbons (Fsp3) is 0.600. The maximum atomic E-state index is 10.3. The van der Waals surface area contributed by atoms with Gasteiger partial charge in [-0.1, -0.05) is 18.2 Å². The topological polar surface area (TPSA) is 79.2 Å². The molecule has 1 fully saturated rings. The van der Waals surface area contributed by atoms with E-state index in [2.05, 4.69) is 0 Å². The molecule has 2 aliphatic rings. The smallest absolute Gasteiger partial charge is 0.239 e. The molecule has 0 aromatic heterocycles. The maximum Gasteiger partial charge on any atom is 0.239 e. The first-order valence-electron chi connectivity index (χ1n) is 7.06. The molecule has 3 rings (SSSR count). The van der Waals surface area contributed by atoms with Crippen LogP contribution in [0.15, 0.2) is 24.3 Å². The van der Waals surface area contributed by atoms with Crippen molar-refractivity contribution < 1.29 is 24.8 Å². The highest BCUT2D eigenvalue weighted by Crippen LogP contribution is 2.41. The average Bonchev–Trinajstić information content (AvgIpc) is 2.45. The third kappa shape index (κ3) is 2.31. The van der Waals surface area contributed by atoms with E-state index < -0.39 is 18.0 Å². The van der Waals surface area contributed by atoms with Gasteiger partial charge in [0.25, 0.3) is 0 Å². The number of aliphatic hydroxyl groups is 3. The Labute approximate surface area is 117 Å². The summed E-state index contributed by atoms with van der Waals surface area (Å²) in [7, 11) is 0. The van der Waals surface area contributed by atoms with Crippen molar-refractivity contribution in [2.45, 2.75) is 49.8 Å². The number of rotatable bonds is 2. The number of fused-ring (bicyclic) bond motifs is 1. The van der Waals surface area contributed by atoms with E-state index in [4.69, 9.17) is 14.6 Å². The minimum Gasteiger partial charge on any atom is -0.459 e. The zero-order valence-corrected chi connectivity index (χ0v) is 11.2. The molecule has 0 saturated carbocycles. The maximum absolute atomic E-state index is 10.3.